The van der Waals surface area contributed by atoms with E-state index in [1.807, 2.05) is 53.5 Å². The average molecular weight is 297 g/mol. The zero-order chi connectivity index (χ0) is 14.9. The standard InChI is InChI=1S/C17H19N3S/c1-2-13-18-17(21)19-20(16-11-7-4-8-12-16)14-15-9-5-3-6-10-15/h2-12H,1,13-14H2,(H2,18,19,21). The van der Waals surface area contributed by atoms with Crippen molar-refractivity contribution in [1.82, 2.24) is 10.7 Å². The summed E-state index contributed by atoms with van der Waals surface area (Å²) in [5, 5.41) is 5.68. The van der Waals surface area contributed by atoms with E-state index in [0.717, 1.165) is 12.2 Å². The van der Waals surface area contributed by atoms with E-state index in [-0.39, 0.29) is 0 Å². The zero-order valence-electron chi connectivity index (χ0n) is 11.8. The van der Waals surface area contributed by atoms with Gasteiger partial charge in [-0.2, -0.15) is 0 Å². The zero-order valence-corrected chi connectivity index (χ0v) is 12.6. The first-order chi connectivity index (χ1) is 10.3. The van der Waals surface area contributed by atoms with Crippen molar-refractivity contribution in [3.63, 3.8) is 0 Å². The summed E-state index contributed by atoms with van der Waals surface area (Å²) < 4.78 is 0. The van der Waals surface area contributed by atoms with Crippen LogP contribution in [0.15, 0.2) is 73.3 Å². The van der Waals surface area contributed by atoms with Crippen LogP contribution in [0.5, 0.6) is 0 Å². The normalized spacial score (nSPS) is 9.71. The van der Waals surface area contributed by atoms with Gasteiger partial charge in [-0.05, 0) is 29.9 Å². The van der Waals surface area contributed by atoms with Crippen molar-refractivity contribution in [2.45, 2.75) is 6.54 Å². The van der Waals surface area contributed by atoms with Gasteiger partial charge in [0.2, 0.25) is 0 Å². The highest BCUT2D eigenvalue weighted by Crippen LogP contribution is 2.14. The van der Waals surface area contributed by atoms with E-state index >= 15 is 0 Å². The maximum Gasteiger partial charge on any atom is 0.185 e. The van der Waals surface area contributed by atoms with Gasteiger partial charge < -0.3 is 5.32 Å². The van der Waals surface area contributed by atoms with Crippen LogP contribution in [0, 0.1) is 0 Å². The molecule has 4 heteroatoms. The van der Waals surface area contributed by atoms with Crippen LogP contribution in [0.4, 0.5) is 5.69 Å². The van der Waals surface area contributed by atoms with Gasteiger partial charge in [0.25, 0.3) is 0 Å². The topological polar surface area (TPSA) is 27.3 Å². The highest BCUT2D eigenvalue weighted by atomic mass is 32.1. The molecule has 0 aliphatic heterocycles. The van der Waals surface area contributed by atoms with Crippen LogP contribution in [0.25, 0.3) is 0 Å². The molecule has 0 aliphatic rings. The smallest absolute Gasteiger partial charge is 0.185 e. The van der Waals surface area contributed by atoms with E-state index in [2.05, 4.69) is 29.5 Å². The number of anilines is 1. The molecule has 2 aromatic rings. The number of nitrogens with one attached hydrogen (secondary N) is 2. The van der Waals surface area contributed by atoms with Crippen LogP contribution >= 0.6 is 12.2 Å². The van der Waals surface area contributed by atoms with Crippen LogP contribution in [-0.2, 0) is 6.54 Å². The summed E-state index contributed by atoms with van der Waals surface area (Å²) in [5.74, 6) is 0. The predicted octanol–water partition coefficient (Wildman–Crippen LogP) is 3.26. The molecule has 0 saturated carbocycles. The number of thiocarbonyl (C=S) groups is 1. The minimum absolute atomic E-state index is 0.578. The summed E-state index contributed by atoms with van der Waals surface area (Å²) in [7, 11) is 0. The van der Waals surface area contributed by atoms with Crippen molar-refractivity contribution in [3.8, 4) is 0 Å². The van der Waals surface area contributed by atoms with Gasteiger partial charge in [-0.3, -0.25) is 10.4 Å². The molecule has 3 nitrogen and oxygen atoms in total. The Balaban J connectivity index is 2.11. The number of rotatable bonds is 6. The van der Waals surface area contributed by atoms with Gasteiger partial charge in [-0.1, -0.05) is 54.6 Å². The molecular formula is C17H19N3S. The monoisotopic (exact) mass is 297 g/mol. The van der Waals surface area contributed by atoms with Crippen molar-refractivity contribution in [2.75, 3.05) is 11.6 Å². The molecule has 108 valence electrons. The van der Waals surface area contributed by atoms with Gasteiger partial charge >= 0.3 is 0 Å². The third-order valence-corrected chi connectivity index (χ3v) is 3.13. The van der Waals surface area contributed by atoms with Crippen LogP contribution in [0.3, 0.4) is 0 Å². The van der Waals surface area contributed by atoms with Gasteiger partial charge in [-0.25, -0.2) is 0 Å². The van der Waals surface area contributed by atoms with Gasteiger partial charge in [0.1, 0.15) is 0 Å². The lowest BCUT2D eigenvalue weighted by atomic mass is 10.2. The van der Waals surface area contributed by atoms with E-state index < -0.39 is 0 Å². The molecule has 0 heterocycles. The lowest BCUT2D eigenvalue weighted by Gasteiger charge is -2.27. The maximum absolute atomic E-state index is 5.30. The van der Waals surface area contributed by atoms with Crippen LogP contribution in [0.1, 0.15) is 5.56 Å². The maximum atomic E-state index is 5.30. The van der Waals surface area contributed by atoms with Gasteiger partial charge in [-0.15, -0.1) is 6.58 Å². The van der Waals surface area contributed by atoms with E-state index in [1.54, 1.807) is 6.08 Å². The summed E-state index contributed by atoms with van der Waals surface area (Å²) in [6.45, 7) is 5.04. The lowest BCUT2D eigenvalue weighted by molar-refractivity contribution is 0.750. The predicted molar refractivity (Wildman–Crippen MR) is 93.0 cm³/mol. The molecule has 2 N–H and O–H groups in total. The summed E-state index contributed by atoms with van der Waals surface area (Å²) in [5.41, 5.74) is 5.49. The van der Waals surface area contributed by atoms with Crippen molar-refractivity contribution in [3.05, 3.63) is 78.9 Å². The quantitative estimate of drug-likeness (QED) is 0.486. The molecule has 0 fully saturated rings. The summed E-state index contributed by atoms with van der Waals surface area (Å²) in [6.07, 6.45) is 1.78. The Morgan fingerprint density at radius 2 is 1.67 bits per heavy atom. The number of hydrogen-bond acceptors (Lipinski definition) is 2. The number of nitrogens with zero attached hydrogens (tertiary/aromatic N) is 1. The molecular weight excluding hydrogens is 278 g/mol. The number of hydrogen-bond donors (Lipinski definition) is 2. The second-order valence-corrected chi connectivity index (χ2v) is 4.93. The largest absolute Gasteiger partial charge is 0.358 e. The Labute approximate surface area is 131 Å². The SMILES string of the molecule is C=CCNC(=S)NN(Cc1ccccc1)c1ccccc1. The Kier molecular flexibility index (Phi) is 5.79. The van der Waals surface area contributed by atoms with Crippen LogP contribution in [0.2, 0.25) is 0 Å². The fraction of sp³-hybridized carbons (Fsp3) is 0.118. The molecule has 0 unspecified atom stereocenters. The van der Waals surface area contributed by atoms with E-state index in [1.165, 1.54) is 5.56 Å². The third-order valence-electron chi connectivity index (χ3n) is 2.89. The van der Waals surface area contributed by atoms with Crippen LogP contribution in [-0.4, -0.2) is 11.7 Å². The Morgan fingerprint density at radius 3 is 2.29 bits per heavy atom. The van der Waals surface area contributed by atoms with E-state index in [9.17, 15) is 0 Å². The van der Waals surface area contributed by atoms with Gasteiger partial charge in [0.15, 0.2) is 5.11 Å². The molecule has 0 amide bonds. The van der Waals surface area contributed by atoms with Crippen molar-refractivity contribution in [2.24, 2.45) is 0 Å². The Bertz CT molecular complexity index is 569. The molecule has 0 radical (unpaired) electrons. The fourth-order valence-electron chi connectivity index (χ4n) is 1.90. The third kappa shape index (κ3) is 4.93. The fourth-order valence-corrected chi connectivity index (χ4v) is 2.09. The highest BCUT2D eigenvalue weighted by molar-refractivity contribution is 7.80. The first-order valence-corrected chi connectivity index (χ1v) is 7.22. The average Bonchev–Trinajstić information content (AvgIpc) is 2.54. The molecule has 0 atom stereocenters. The number of para-hydroxylation sites is 1. The molecule has 21 heavy (non-hydrogen) atoms. The van der Waals surface area contributed by atoms with Crippen LogP contribution < -0.4 is 15.8 Å². The first kappa shape index (κ1) is 15.1. The summed E-state index contributed by atoms with van der Waals surface area (Å²) >= 11 is 5.30. The Hall–Kier alpha value is -2.33. The number of benzene rings is 2. The molecule has 0 spiro atoms. The molecule has 0 saturated heterocycles. The van der Waals surface area contributed by atoms with Crippen molar-refractivity contribution in [1.29, 1.82) is 0 Å². The van der Waals surface area contributed by atoms with E-state index in [4.69, 9.17) is 12.2 Å². The first-order valence-electron chi connectivity index (χ1n) is 6.81. The Morgan fingerprint density at radius 1 is 1.05 bits per heavy atom. The van der Waals surface area contributed by atoms with Gasteiger partial charge in [0, 0.05) is 6.54 Å². The van der Waals surface area contributed by atoms with Crippen molar-refractivity contribution >= 4 is 23.0 Å². The number of hydrazine groups is 1. The molecule has 0 aliphatic carbocycles. The minimum atomic E-state index is 0.578. The summed E-state index contributed by atoms with van der Waals surface area (Å²) in [4.78, 5) is 0. The van der Waals surface area contributed by atoms with Gasteiger partial charge in [0.05, 0.1) is 12.2 Å². The van der Waals surface area contributed by atoms with E-state index in [0.29, 0.717) is 11.7 Å². The van der Waals surface area contributed by atoms with Crippen molar-refractivity contribution < 1.29 is 0 Å². The highest BCUT2D eigenvalue weighted by Gasteiger charge is 2.08. The second kappa shape index (κ2) is 8.07. The summed E-state index contributed by atoms with van der Waals surface area (Å²) in [6, 6.07) is 20.4. The molecule has 0 aromatic heterocycles. The second-order valence-electron chi connectivity index (χ2n) is 4.52. The lowest BCUT2D eigenvalue weighted by Crippen LogP contribution is -2.47. The molecule has 2 rings (SSSR count). The molecule has 0 bridgehead atoms. The molecule has 2 aromatic carbocycles. The minimum Gasteiger partial charge on any atom is -0.358 e.